The highest BCUT2D eigenvalue weighted by atomic mass is 16.5. The van der Waals surface area contributed by atoms with Gasteiger partial charge >= 0.3 is 0 Å². The predicted molar refractivity (Wildman–Crippen MR) is 74.6 cm³/mol. The van der Waals surface area contributed by atoms with Gasteiger partial charge in [0.15, 0.2) is 0 Å². The number of nitrogens with zero attached hydrogens (tertiary/aromatic N) is 5. The molecule has 19 heavy (non-hydrogen) atoms. The minimum absolute atomic E-state index is 0.552. The Balaban J connectivity index is 2.08. The summed E-state index contributed by atoms with van der Waals surface area (Å²) in [5.74, 6) is 0.611. The maximum absolute atomic E-state index is 8.57. The Morgan fingerprint density at radius 2 is 2.05 bits per heavy atom. The van der Waals surface area contributed by atoms with E-state index in [0.717, 1.165) is 38.3 Å². The molecular formula is C13H19N5O. The van der Waals surface area contributed by atoms with Crippen molar-refractivity contribution >= 4 is 5.69 Å². The number of hydrogen-bond donors (Lipinski definition) is 0. The highest BCUT2D eigenvalue weighted by Crippen LogP contribution is 2.29. The summed E-state index contributed by atoms with van der Waals surface area (Å²) in [6.07, 6.45) is 0. The minimum atomic E-state index is 0.552. The van der Waals surface area contributed by atoms with Crippen molar-refractivity contribution in [2.24, 2.45) is 5.11 Å². The molecule has 0 N–H and O–H groups in total. The third kappa shape index (κ3) is 3.61. The van der Waals surface area contributed by atoms with Crippen LogP contribution in [0.3, 0.4) is 0 Å². The van der Waals surface area contributed by atoms with Crippen molar-refractivity contribution in [1.29, 1.82) is 0 Å². The highest BCUT2D eigenvalue weighted by molar-refractivity contribution is 5.53. The fraction of sp³-hybridized carbons (Fsp3) is 0.538. The normalized spacial score (nSPS) is 16.9. The zero-order chi connectivity index (χ0) is 13.7. The van der Waals surface area contributed by atoms with E-state index in [-0.39, 0.29) is 0 Å². The number of piperazine rings is 1. The van der Waals surface area contributed by atoms with Gasteiger partial charge in [0.2, 0.25) is 0 Å². The van der Waals surface area contributed by atoms with E-state index in [9.17, 15) is 0 Å². The summed E-state index contributed by atoms with van der Waals surface area (Å²) < 4.78 is 5.17. The summed E-state index contributed by atoms with van der Waals surface area (Å²) in [5, 5.41) is 3.67. The molecule has 1 aromatic rings. The Kier molecular flexibility index (Phi) is 4.63. The van der Waals surface area contributed by atoms with Gasteiger partial charge in [-0.1, -0.05) is 11.2 Å². The van der Waals surface area contributed by atoms with Crippen LogP contribution in [0, 0.1) is 0 Å². The Labute approximate surface area is 113 Å². The van der Waals surface area contributed by atoms with Crippen LogP contribution in [0.2, 0.25) is 0 Å². The monoisotopic (exact) mass is 261 g/mol. The summed E-state index contributed by atoms with van der Waals surface area (Å²) in [5.41, 5.74) is 10.3. The lowest BCUT2D eigenvalue weighted by Crippen LogP contribution is -2.43. The SMILES string of the molecule is COc1ccc(CN2CCN(C)CC2)cc1N=[N+]=[N-]. The van der Waals surface area contributed by atoms with Crippen molar-refractivity contribution in [3.63, 3.8) is 0 Å². The number of likely N-dealkylation sites (N-methyl/N-ethyl adjacent to an activating group) is 1. The second-order valence-electron chi connectivity index (χ2n) is 4.78. The minimum Gasteiger partial charge on any atom is -0.496 e. The molecule has 0 saturated carbocycles. The van der Waals surface area contributed by atoms with E-state index in [2.05, 4.69) is 26.9 Å². The number of azide groups is 1. The second kappa shape index (κ2) is 6.43. The third-order valence-electron chi connectivity index (χ3n) is 3.40. The highest BCUT2D eigenvalue weighted by Gasteiger charge is 2.14. The molecule has 0 unspecified atom stereocenters. The first-order chi connectivity index (χ1) is 9.22. The number of methoxy groups -OCH3 is 1. The van der Waals surface area contributed by atoms with E-state index in [1.807, 2.05) is 18.2 Å². The average molecular weight is 261 g/mol. The van der Waals surface area contributed by atoms with E-state index >= 15 is 0 Å². The molecule has 0 aromatic heterocycles. The first-order valence-electron chi connectivity index (χ1n) is 6.36. The van der Waals surface area contributed by atoms with Crippen LogP contribution < -0.4 is 4.74 Å². The molecule has 0 amide bonds. The van der Waals surface area contributed by atoms with Gasteiger partial charge in [0, 0.05) is 37.6 Å². The van der Waals surface area contributed by atoms with Gasteiger partial charge in [-0.3, -0.25) is 4.90 Å². The molecule has 1 heterocycles. The van der Waals surface area contributed by atoms with Gasteiger partial charge in [0.25, 0.3) is 0 Å². The Morgan fingerprint density at radius 1 is 1.32 bits per heavy atom. The fourth-order valence-corrected chi connectivity index (χ4v) is 2.22. The van der Waals surface area contributed by atoms with Crippen LogP contribution >= 0.6 is 0 Å². The van der Waals surface area contributed by atoms with Crippen molar-refractivity contribution < 1.29 is 4.74 Å². The third-order valence-corrected chi connectivity index (χ3v) is 3.40. The summed E-state index contributed by atoms with van der Waals surface area (Å²) in [6.45, 7) is 5.21. The summed E-state index contributed by atoms with van der Waals surface area (Å²) in [4.78, 5) is 7.57. The number of rotatable bonds is 4. The van der Waals surface area contributed by atoms with Crippen molar-refractivity contribution in [3.05, 3.63) is 34.2 Å². The molecule has 2 rings (SSSR count). The molecule has 0 bridgehead atoms. The van der Waals surface area contributed by atoms with Gasteiger partial charge in [-0.25, -0.2) is 0 Å². The molecule has 0 radical (unpaired) electrons. The van der Waals surface area contributed by atoms with Gasteiger partial charge in [0.05, 0.1) is 12.8 Å². The standard InChI is InChI=1S/C13H19N5O/c1-17-5-7-18(8-6-17)10-11-3-4-13(19-2)12(9-11)15-16-14/h3-4,9H,5-8,10H2,1-2H3. The fourth-order valence-electron chi connectivity index (χ4n) is 2.22. The summed E-state index contributed by atoms with van der Waals surface area (Å²) >= 11 is 0. The van der Waals surface area contributed by atoms with Gasteiger partial charge in [0.1, 0.15) is 5.75 Å². The van der Waals surface area contributed by atoms with E-state index < -0.39 is 0 Å². The first kappa shape index (κ1) is 13.7. The molecule has 102 valence electrons. The molecule has 1 aromatic carbocycles. The van der Waals surface area contributed by atoms with Crippen molar-refractivity contribution in [2.75, 3.05) is 40.3 Å². The number of benzene rings is 1. The maximum Gasteiger partial charge on any atom is 0.128 e. The summed E-state index contributed by atoms with van der Waals surface area (Å²) in [7, 11) is 3.72. The van der Waals surface area contributed by atoms with Gasteiger partial charge in [-0.15, -0.1) is 0 Å². The molecule has 0 aliphatic carbocycles. The van der Waals surface area contributed by atoms with Crippen molar-refractivity contribution in [1.82, 2.24) is 9.80 Å². The first-order valence-corrected chi connectivity index (χ1v) is 6.36. The summed E-state index contributed by atoms with van der Waals surface area (Å²) in [6, 6.07) is 5.78. The zero-order valence-electron chi connectivity index (χ0n) is 11.4. The largest absolute Gasteiger partial charge is 0.496 e. The van der Waals surface area contributed by atoms with E-state index in [1.165, 1.54) is 0 Å². The van der Waals surface area contributed by atoms with Crippen molar-refractivity contribution in [3.8, 4) is 5.75 Å². The van der Waals surface area contributed by atoms with Crippen LogP contribution in [0.15, 0.2) is 23.3 Å². The Morgan fingerprint density at radius 3 is 2.68 bits per heavy atom. The molecular weight excluding hydrogens is 242 g/mol. The zero-order valence-corrected chi connectivity index (χ0v) is 11.4. The lowest BCUT2D eigenvalue weighted by molar-refractivity contribution is 0.148. The predicted octanol–water partition coefficient (Wildman–Crippen LogP) is 2.38. The second-order valence-corrected chi connectivity index (χ2v) is 4.78. The smallest absolute Gasteiger partial charge is 0.128 e. The molecule has 1 aliphatic heterocycles. The van der Waals surface area contributed by atoms with Gasteiger partial charge in [-0.05, 0) is 30.3 Å². The van der Waals surface area contributed by atoms with Gasteiger partial charge < -0.3 is 9.64 Å². The lowest BCUT2D eigenvalue weighted by atomic mass is 10.1. The van der Waals surface area contributed by atoms with Crippen LogP contribution in [0.5, 0.6) is 5.75 Å². The molecule has 1 fully saturated rings. The van der Waals surface area contributed by atoms with Crippen molar-refractivity contribution in [2.45, 2.75) is 6.54 Å². The Bertz CT molecular complexity index is 476. The molecule has 0 spiro atoms. The lowest BCUT2D eigenvalue weighted by Gasteiger charge is -2.32. The maximum atomic E-state index is 8.57. The quantitative estimate of drug-likeness (QED) is 0.475. The van der Waals surface area contributed by atoms with Crippen LogP contribution in [0.4, 0.5) is 5.69 Å². The van der Waals surface area contributed by atoms with Crippen LogP contribution in [0.25, 0.3) is 10.4 Å². The van der Waals surface area contributed by atoms with E-state index in [4.69, 9.17) is 10.3 Å². The van der Waals surface area contributed by atoms with E-state index in [0.29, 0.717) is 11.4 Å². The van der Waals surface area contributed by atoms with E-state index in [1.54, 1.807) is 7.11 Å². The van der Waals surface area contributed by atoms with Gasteiger partial charge in [-0.2, -0.15) is 0 Å². The number of hydrogen-bond acceptors (Lipinski definition) is 4. The molecule has 6 heteroatoms. The Hall–Kier alpha value is -1.75. The molecule has 1 saturated heterocycles. The van der Waals surface area contributed by atoms with Crippen LogP contribution in [0.1, 0.15) is 5.56 Å². The molecule has 6 nitrogen and oxygen atoms in total. The average Bonchev–Trinajstić information content (AvgIpc) is 2.42. The van der Waals surface area contributed by atoms with Crippen LogP contribution in [-0.2, 0) is 6.54 Å². The van der Waals surface area contributed by atoms with Crippen LogP contribution in [-0.4, -0.2) is 50.1 Å². The molecule has 1 aliphatic rings. The number of ether oxygens (including phenoxy) is 1. The topological polar surface area (TPSA) is 64.5 Å². The molecule has 0 atom stereocenters.